The second-order valence-corrected chi connectivity index (χ2v) is 5.20. The Morgan fingerprint density at radius 3 is 2.27 bits per heavy atom. The van der Waals surface area contributed by atoms with Crippen LogP contribution in [0.1, 0.15) is 27.0 Å². The fraction of sp³-hybridized carbons (Fsp3) is 0.211. The number of hydrogen-bond acceptors (Lipinski definition) is 3. The smallest absolute Gasteiger partial charge is 0.185 e. The Morgan fingerprint density at radius 1 is 0.955 bits per heavy atom. The molecule has 3 heteroatoms. The molecule has 0 bridgehead atoms. The fourth-order valence-electron chi connectivity index (χ4n) is 2.32. The molecule has 3 nitrogen and oxygen atoms in total. The zero-order valence-electron chi connectivity index (χ0n) is 13.1. The van der Waals surface area contributed by atoms with Crippen LogP contribution in [0.2, 0.25) is 0 Å². The Bertz CT molecular complexity index is 662. The first-order valence-corrected chi connectivity index (χ1v) is 7.42. The highest BCUT2D eigenvalue weighted by molar-refractivity contribution is 6.06. The molecule has 114 valence electrons. The van der Waals surface area contributed by atoms with Gasteiger partial charge in [0.05, 0.1) is 0 Å². The molecule has 0 saturated heterocycles. The molecule has 0 atom stereocenters. The molecule has 2 N–H and O–H groups in total. The fourth-order valence-corrected chi connectivity index (χ4v) is 2.32. The van der Waals surface area contributed by atoms with Crippen LogP contribution in [-0.4, -0.2) is 19.9 Å². The molecule has 0 heterocycles. The van der Waals surface area contributed by atoms with E-state index in [-0.39, 0.29) is 5.78 Å². The third-order valence-electron chi connectivity index (χ3n) is 3.35. The summed E-state index contributed by atoms with van der Waals surface area (Å²) in [6.45, 7) is 1.58. The Labute approximate surface area is 132 Å². The minimum atomic E-state index is 0.0250. The third-order valence-corrected chi connectivity index (χ3v) is 3.35. The van der Waals surface area contributed by atoms with Gasteiger partial charge in [0.2, 0.25) is 0 Å². The van der Waals surface area contributed by atoms with Crippen LogP contribution in [0, 0.1) is 0 Å². The van der Waals surface area contributed by atoms with Crippen molar-refractivity contribution in [1.29, 1.82) is 0 Å². The molecule has 0 amide bonds. The van der Waals surface area contributed by atoms with E-state index in [0.717, 1.165) is 29.8 Å². The molecule has 0 aliphatic heterocycles. The number of rotatable bonds is 7. The highest BCUT2D eigenvalue weighted by atomic mass is 16.1. The van der Waals surface area contributed by atoms with E-state index in [4.69, 9.17) is 0 Å². The summed E-state index contributed by atoms with van der Waals surface area (Å²) in [6.07, 6.45) is 3.50. The van der Waals surface area contributed by atoms with Crippen molar-refractivity contribution >= 4 is 11.9 Å². The van der Waals surface area contributed by atoms with Gasteiger partial charge in [-0.05, 0) is 42.9 Å². The van der Waals surface area contributed by atoms with Gasteiger partial charge in [0.25, 0.3) is 0 Å². The van der Waals surface area contributed by atoms with Crippen LogP contribution in [0.5, 0.6) is 0 Å². The van der Waals surface area contributed by atoms with E-state index >= 15 is 0 Å². The van der Waals surface area contributed by atoms with Gasteiger partial charge in [-0.3, -0.25) is 4.79 Å². The largest absolute Gasteiger partial charge is 0.316 e. The predicted octanol–water partition coefficient (Wildman–Crippen LogP) is 3.02. The van der Waals surface area contributed by atoms with Crippen molar-refractivity contribution in [2.45, 2.75) is 13.1 Å². The Balaban J connectivity index is 2.10. The summed E-state index contributed by atoms with van der Waals surface area (Å²) < 4.78 is 0. The van der Waals surface area contributed by atoms with Gasteiger partial charge in [0.1, 0.15) is 0 Å². The second kappa shape index (κ2) is 8.27. The first kappa shape index (κ1) is 16.1. The van der Waals surface area contributed by atoms with Crippen LogP contribution in [0.4, 0.5) is 0 Å². The van der Waals surface area contributed by atoms with E-state index in [1.165, 1.54) is 5.56 Å². The molecule has 0 spiro atoms. The standard InChI is InChI=1S/C19H22N2O/c1-20-13-16-6-3-5-15(11-16)9-10-19(22)18-8-4-7-17(12-18)14-21-2/h3-12,20-21H,13-14H2,1-2H3. The summed E-state index contributed by atoms with van der Waals surface area (Å²) in [5, 5.41) is 6.21. The van der Waals surface area contributed by atoms with E-state index in [1.54, 1.807) is 6.08 Å². The first-order chi connectivity index (χ1) is 10.7. The number of nitrogens with one attached hydrogen (secondary N) is 2. The maximum Gasteiger partial charge on any atom is 0.185 e. The minimum Gasteiger partial charge on any atom is -0.316 e. The third kappa shape index (κ3) is 4.65. The zero-order chi connectivity index (χ0) is 15.8. The number of carbonyl (C=O) groups excluding carboxylic acids is 1. The highest BCUT2D eigenvalue weighted by Gasteiger charge is 2.02. The van der Waals surface area contributed by atoms with Crippen molar-refractivity contribution < 1.29 is 4.79 Å². The summed E-state index contributed by atoms with van der Waals surface area (Å²) in [7, 11) is 3.82. The SMILES string of the molecule is CNCc1cccc(C=CC(=O)c2cccc(CNC)c2)c1. The highest BCUT2D eigenvalue weighted by Crippen LogP contribution is 2.10. The molecule has 2 aromatic rings. The number of allylic oxidation sites excluding steroid dienone is 1. The second-order valence-electron chi connectivity index (χ2n) is 5.20. The molecular weight excluding hydrogens is 272 g/mol. The van der Waals surface area contributed by atoms with E-state index in [0.29, 0.717) is 0 Å². The zero-order valence-corrected chi connectivity index (χ0v) is 13.1. The van der Waals surface area contributed by atoms with Crippen LogP contribution in [0.15, 0.2) is 54.6 Å². The van der Waals surface area contributed by atoms with Crippen molar-refractivity contribution in [1.82, 2.24) is 10.6 Å². The van der Waals surface area contributed by atoms with Crippen molar-refractivity contribution in [3.63, 3.8) is 0 Å². The molecule has 2 aromatic carbocycles. The van der Waals surface area contributed by atoms with Crippen molar-refractivity contribution in [3.8, 4) is 0 Å². The maximum absolute atomic E-state index is 12.3. The normalized spacial score (nSPS) is 11.0. The summed E-state index contributed by atoms with van der Waals surface area (Å²) in [6, 6.07) is 15.9. The van der Waals surface area contributed by atoms with Gasteiger partial charge in [0, 0.05) is 18.7 Å². The van der Waals surface area contributed by atoms with E-state index in [9.17, 15) is 4.79 Å². The van der Waals surface area contributed by atoms with Crippen LogP contribution < -0.4 is 10.6 Å². The molecule has 0 fully saturated rings. The first-order valence-electron chi connectivity index (χ1n) is 7.42. The summed E-state index contributed by atoms with van der Waals surface area (Å²) in [4.78, 5) is 12.3. The number of benzene rings is 2. The molecule has 0 aliphatic carbocycles. The Hall–Kier alpha value is -2.23. The summed E-state index contributed by atoms with van der Waals surface area (Å²) in [5.74, 6) is 0.0250. The molecular formula is C19H22N2O. The van der Waals surface area contributed by atoms with Crippen LogP contribution >= 0.6 is 0 Å². The maximum atomic E-state index is 12.3. The lowest BCUT2D eigenvalue weighted by atomic mass is 10.1. The molecule has 22 heavy (non-hydrogen) atoms. The van der Waals surface area contributed by atoms with E-state index in [1.807, 2.05) is 56.6 Å². The van der Waals surface area contributed by atoms with Crippen LogP contribution in [-0.2, 0) is 13.1 Å². The lowest BCUT2D eigenvalue weighted by Crippen LogP contribution is -2.06. The van der Waals surface area contributed by atoms with Crippen LogP contribution in [0.25, 0.3) is 6.08 Å². The van der Waals surface area contributed by atoms with Gasteiger partial charge in [-0.25, -0.2) is 0 Å². The monoisotopic (exact) mass is 294 g/mol. The quantitative estimate of drug-likeness (QED) is 0.609. The van der Waals surface area contributed by atoms with Crippen LogP contribution in [0.3, 0.4) is 0 Å². The average Bonchev–Trinajstić information content (AvgIpc) is 2.54. The topological polar surface area (TPSA) is 41.1 Å². The predicted molar refractivity (Wildman–Crippen MR) is 91.8 cm³/mol. The molecule has 2 rings (SSSR count). The van der Waals surface area contributed by atoms with Gasteiger partial charge >= 0.3 is 0 Å². The van der Waals surface area contributed by atoms with Crippen molar-refractivity contribution in [2.75, 3.05) is 14.1 Å². The number of ketones is 1. The summed E-state index contributed by atoms with van der Waals surface area (Å²) >= 11 is 0. The van der Waals surface area contributed by atoms with Gasteiger partial charge in [0.15, 0.2) is 5.78 Å². The van der Waals surface area contributed by atoms with Gasteiger partial charge in [-0.15, -0.1) is 0 Å². The van der Waals surface area contributed by atoms with Gasteiger partial charge in [-0.2, -0.15) is 0 Å². The average molecular weight is 294 g/mol. The molecule has 0 saturated carbocycles. The number of hydrogen-bond donors (Lipinski definition) is 2. The Kier molecular flexibility index (Phi) is 6.07. The Morgan fingerprint density at radius 2 is 1.59 bits per heavy atom. The molecule has 0 aliphatic rings. The minimum absolute atomic E-state index is 0.0250. The van der Waals surface area contributed by atoms with Crippen molar-refractivity contribution in [3.05, 3.63) is 76.9 Å². The van der Waals surface area contributed by atoms with Gasteiger partial charge in [-0.1, -0.05) is 48.5 Å². The molecule has 0 unspecified atom stereocenters. The summed E-state index contributed by atoms with van der Waals surface area (Å²) in [5.41, 5.74) is 4.06. The van der Waals surface area contributed by atoms with Crippen molar-refractivity contribution in [2.24, 2.45) is 0 Å². The number of carbonyl (C=O) groups is 1. The van der Waals surface area contributed by atoms with Gasteiger partial charge < -0.3 is 10.6 Å². The van der Waals surface area contributed by atoms with E-state index < -0.39 is 0 Å². The molecule has 0 radical (unpaired) electrons. The van der Waals surface area contributed by atoms with E-state index in [2.05, 4.69) is 22.8 Å². The molecule has 0 aromatic heterocycles. The lowest BCUT2D eigenvalue weighted by molar-refractivity contribution is 0.104. The lowest BCUT2D eigenvalue weighted by Gasteiger charge is -2.03.